The molecule has 1 saturated heterocycles. The Bertz CT molecular complexity index is 422. The summed E-state index contributed by atoms with van der Waals surface area (Å²) in [6.07, 6.45) is 1.83. The fourth-order valence-electron chi connectivity index (χ4n) is 2.42. The van der Waals surface area contributed by atoms with Crippen LogP contribution in [0, 0.1) is 6.92 Å². The number of carbonyl (C=O) groups is 1. The highest BCUT2D eigenvalue weighted by Gasteiger charge is 2.44. The van der Waals surface area contributed by atoms with E-state index in [-0.39, 0.29) is 5.91 Å². The number of pyridine rings is 1. The van der Waals surface area contributed by atoms with Crippen molar-refractivity contribution in [1.82, 2.24) is 15.2 Å². The smallest absolute Gasteiger partial charge is 0.248 e. The summed E-state index contributed by atoms with van der Waals surface area (Å²) >= 11 is 0. The van der Waals surface area contributed by atoms with Crippen LogP contribution in [0.2, 0.25) is 0 Å². The summed E-state index contributed by atoms with van der Waals surface area (Å²) < 4.78 is 0. The molecule has 92 valence electrons. The Kier molecular flexibility index (Phi) is 3.15. The normalized spacial score (nSPS) is 23.7. The van der Waals surface area contributed by atoms with Crippen molar-refractivity contribution in [2.45, 2.75) is 25.3 Å². The van der Waals surface area contributed by atoms with Gasteiger partial charge in [-0.15, -0.1) is 0 Å². The molecule has 2 heterocycles. The molecule has 4 heteroatoms. The molecule has 2 rings (SSSR count). The molecule has 17 heavy (non-hydrogen) atoms. The molecular weight excluding hydrogens is 214 g/mol. The van der Waals surface area contributed by atoms with Gasteiger partial charge in [0.25, 0.3) is 0 Å². The minimum Gasteiger partial charge on any atom is -0.347 e. The summed E-state index contributed by atoms with van der Waals surface area (Å²) in [5, 5.41) is 3.34. The van der Waals surface area contributed by atoms with Gasteiger partial charge in [-0.1, -0.05) is 6.07 Å². The molecule has 1 unspecified atom stereocenters. The molecule has 1 fully saturated rings. The SMILES string of the molecule is Cc1cccc(C2(C(=O)N(C)C)CCCN2)n1. The molecular formula is C13H19N3O. The van der Waals surface area contributed by atoms with Gasteiger partial charge in [-0.2, -0.15) is 0 Å². The van der Waals surface area contributed by atoms with Crippen LogP contribution in [-0.2, 0) is 10.3 Å². The van der Waals surface area contributed by atoms with Gasteiger partial charge in [-0.25, -0.2) is 0 Å². The highest BCUT2D eigenvalue weighted by atomic mass is 16.2. The van der Waals surface area contributed by atoms with E-state index in [1.54, 1.807) is 19.0 Å². The third-order valence-electron chi connectivity index (χ3n) is 3.25. The first-order chi connectivity index (χ1) is 8.06. The molecule has 1 aliphatic rings. The first-order valence-corrected chi connectivity index (χ1v) is 5.97. The topological polar surface area (TPSA) is 45.2 Å². The number of amides is 1. The van der Waals surface area contributed by atoms with E-state index in [4.69, 9.17) is 0 Å². The second-order valence-electron chi connectivity index (χ2n) is 4.80. The van der Waals surface area contributed by atoms with Crippen LogP contribution in [0.15, 0.2) is 18.2 Å². The lowest BCUT2D eigenvalue weighted by atomic mass is 9.91. The van der Waals surface area contributed by atoms with Crippen molar-refractivity contribution in [3.63, 3.8) is 0 Å². The van der Waals surface area contributed by atoms with Crippen LogP contribution in [0.25, 0.3) is 0 Å². The minimum absolute atomic E-state index is 0.0908. The number of likely N-dealkylation sites (N-methyl/N-ethyl adjacent to an activating group) is 1. The Morgan fingerprint density at radius 3 is 2.76 bits per heavy atom. The van der Waals surface area contributed by atoms with Gasteiger partial charge in [-0.05, 0) is 38.4 Å². The van der Waals surface area contributed by atoms with E-state index >= 15 is 0 Å². The van der Waals surface area contributed by atoms with Crippen LogP contribution in [0.4, 0.5) is 0 Å². The molecule has 1 N–H and O–H groups in total. The van der Waals surface area contributed by atoms with Crippen molar-refractivity contribution in [2.75, 3.05) is 20.6 Å². The Balaban J connectivity index is 2.45. The molecule has 4 nitrogen and oxygen atoms in total. The van der Waals surface area contributed by atoms with Crippen LogP contribution in [-0.4, -0.2) is 36.4 Å². The summed E-state index contributed by atoms with van der Waals surface area (Å²) in [4.78, 5) is 18.6. The monoisotopic (exact) mass is 233 g/mol. The zero-order valence-corrected chi connectivity index (χ0v) is 10.7. The first-order valence-electron chi connectivity index (χ1n) is 5.97. The van der Waals surface area contributed by atoms with Crippen LogP contribution >= 0.6 is 0 Å². The maximum Gasteiger partial charge on any atom is 0.248 e. The number of aryl methyl sites for hydroxylation is 1. The number of aromatic nitrogens is 1. The van der Waals surface area contributed by atoms with E-state index in [9.17, 15) is 4.79 Å². The number of nitrogens with one attached hydrogen (secondary N) is 1. The molecule has 0 spiro atoms. The molecule has 0 bridgehead atoms. The van der Waals surface area contributed by atoms with Gasteiger partial charge in [0.15, 0.2) is 0 Å². The Hall–Kier alpha value is -1.42. The molecule has 0 aromatic carbocycles. The Morgan fingerprint density at radius 2 is 2.24 bits per heavy atom. The van der Waals surface area contributed by atoms with E-state index in [2.05, 4.69) is 10.3 Å². The second kappa shape index (κ2) is 4.45. The summed E-state index contributed by atoms with van der Waals surface area (Å²) in [6, 6.07) is 5.85. The van der Waals surface area contributed by atoms with Crippen molar-refractivity contribution < 1.29 is 4.79 Å². The largest absolute Gasteiger partial charge is 0.347 e. The van der Waals surface area contributed by atoms with E-state index in [1.807, 2.05) is 25.1 Å². The number of hydrogen-bond acceptors (Lipinski definition) is 3. The molecule has 0 aliphatic carbocycles. The molecule has 1 amide bonds. The van der Waals surface area contributed by atoms with Crippen molar-refractivity contribution in [1.29, 1.82) is 0 Å². The van der Waals surface area contributed by atoms with Gasteiger partial charge in [0.2, 0.25) is 5.91 Å². The van der Waals surface area contributed by atoms with Crippen molar-refractivity contribution in [3.8, 4) is 0 Å². The Morgan fingerprint density at radius 1 is 1.47 bits per heavy atom. The van der Waals surface area contributed by atoms with Crippen molar-refractivity contribution >= 4 is 5.91 Å². The lowest BCUT2D eigenvalue weighted by Crippen LogP contribution is -2.51. The predicted octanol–water partition coefficient (Wildman–Crippen LogP) is 1.06. The molecule has 1 atom stereocenters. The van der Waals surface area contributed by atoms with E-state index in [0.717, 1.165) is 30.8 Å². The third kappa shape index (κ3) is 2.05. The third-order valence-corrected chi connectivity index (χ3v) is 3.25. The van der Waals surface area contributed by atoms with Gasteiger partial charge in [-0.3, -0.25) is 15.1 Å². The van der Waals surface area contributed by atoms with Gasteiger partial charge >= 0.3 is 0 Å². The highest BCUT2D eigenvalue weighted by Crippen LogP contribution is 2.31. The van der Waals surface area contributed by atoms with Gasteiger partial charge in [0, 0.05) is 19.8 Å². The van der Waals surface area contributed by atoms with Crippen LogP contribution < -0.4 is 5.32 Å². The number of rotatable bonds is 2. The first kappa shape index (κ1) is 12.0. The molecule has 1 aliphatic heterocycles. The molecule has 1 aromatic heterocycles. The lowest BCUT2D eigenvalue weighted by molar-refractivity contribution is -0.135. The van der Waals surface area contributed by atoms with E-state index in [0.29, 0.717) is 0 Å². The molecule has 1 aromatic rings. The predicted molar refractivity (Wildman–Crippen MR) is 66.6 cm³/mol. The van der Waals surface area contributed by atoms with Crippen molar-refractivity contribution in [2.24, 2.45) is 0 Å². The maximum absolute atomic E-state index is 12.4. The summed E-state index contributed by atoms with van der Waals surface area (Å²) in [5.74, 6) is 0.0908. The summed E-state index contributed by atoms with van der Waals surface area (Å²) in [7, 11) is 3.58. The molecule has 0 radical (unpaired) electrons. The van der Waals surface area contributed by atoms with Gasteiger partial charge in [0.1, 0.15) is 5.54 Å². The fraction of sp³-hybridized carbons (Fsp3) is 0.538. The van der Waals surface area contributed by atoms with E-state index in [1.165, 1.54) is 0 Å². The van der Waals surface area contributed by atoms with Crippen molar-refractivity contribution in [3.05, 3.63) is 29.6 Å². The van der Waals surface area contributed by atoms with Crippen LogP contribution in [0.1, 0.15) is 24.2 Å². The average Bonchev–Trinajstić information content (AvgIpc) is 2.78. The maximum atomic E-state index is 12.4. The Labute approximate surface area is 102 Å². The van der Waals surface area contributed by atoms with Gasteiger partial charge < -0.3 is 4.90 Å². The lowest BCUT2D eigenvalue weighted by Gasteiger charge is -2.30. The number of carbonyl (C=O) groups excluding carboxylic acids is 1. The van der Waals surface area contributed by atoms with Crippen LogP contribution in [0.5, 0.6) is 0 Å². The summed E-state index contributed by atoms with van der Waals surface area (Å²) in [5.41, 5.74) is 1.17. The fourth-order valence-corrected chi connectivity index (χ4v) is 2.42. The second-order valence-corrected chi connectivity index (χ2v) is 4.80. The number of hydrogen-bond donors (Lipinski definition) is 1. The minimum atomic E-state index is -0.616. The quantitative estimate of drug-likeness (QED) is 0.830. The molecule has 0 saturated carbocycles. The zero-order valence-electron chi connectivity index (χ0n) is 10.7. The average molecular weight is 233 g/mol. The standard InChI is InChI=1S/C13H19N3O/c1-10-6-4-7-11(15-10)13(8-5-9-14-13)12(17)16(2)3/h4,6-7,14H,5,8-9H2,1-3H3. The van der Waals surface area contributed by atoms with Gasteiger partial charge in [0.05, 0.1) is 5.69 Å². The number of nitrogens with zero attached hydrogens (tertiary/aromatic N) is 2. The van der Waals surface area contributed by atoms with Crippen LogP contribution in [0.3, 0.4) is 0 Å². The van der Waals surface area contributed by atoms with E-state index < -0.39 is 5.54 Å². The summed E-state index contributed by atoms with van der Waals surface area (Å²) in [6.45, 7) is 2.82. The highest BCUT2D eigenvalue weighted by molar-refractivity contribution is 5.87. The zero-order chi connectivity index (χ0) is 12.5.